The van der Waals surface area contributed by atoms with E-state index in [-0.39, 0.29) is 19.0 Å². The van der Waals surface area contributed by atoms with Crippen molar-refractivity contribution >= 4 is 23.9 Å². The molecule has 0 aromatic heterocycles. The molecule has 2 atom stereocenters. The number of hydrogen-bond donors (Lipinski definition) is 2. The quantitative estimate of drug-likeness (QED) is 0.485. The average Bonchev–Trinajstić information content (AvgIpc) is 2.74. The van der Waals surface area contributed by atoms with Gasteiger partial charge in [0.1, 0.15) is 24.2 Å². The van der Waals surface area contributed by atoms with Crippen LogP contribution in [0.5, 0.6) is 0 Å². The molecule has 2 N–H and O–H groups in total. The zero-order valence-electron chi connectivity index (χ0n) is 22.5. The van der Waals surface area contributed by atoms with Crippen molar-refractivity contribution in [1.82, 2.24) is 15.5 Å². The van der Waals surface area contributed by atoms with Gasteiger partial charge in [-0.3, -0.25) is 14.4 Å². The largest absolute Gasteiger partial charge is 0.468 e. The highest BCUT2D eigenvalue weighted by Gasteiger charge is 2.37. The van der Waals surface area contributed by atoms with Crippen LogP contribution in [0, 0.1) is 19.8 Å². The molecule has 0 heterocycles. The van der Waals surface area contributed by atoms with Gasteiger partial charge in [-0.2, -0.15) is 0 Å². The number of nitrogens with one attached hydrogen (secondary N) is 2. The van der Waals surface area contributed by atoms with Gasteiger partial charge >= 0.3 is 12.1 Å². The maximum absolute atomic E-state index is 13.8. The molecule has 0 radical (unpaired) electrons. The molecule has 1 rings (SSSR count). The minimum Gasteiger partial charge on any atom is -0.468 e. The zero-order valence-corrected chi connectivity index (χ0v) is 22.5. The summed E-state index contributed by atoms with van der Waals surface area (Å²) in [6.07, 6.45) is -0.344. The molecule has 196 valence electrons. The number of rotatable bonds is 10. The van der Waals surface area contributed by atoms with Gasteiger partial charge in [0.25, 0.3) is 0 Å². The summed E-state index contributed by atoms with van der Waals surface area (Å²) in [4.78, 5) is 52.9. The Labute approximate surface area is 208 Å². The Morgan fingerprint density at radius 3 is 2.09 bits per heavy atom. The van der Waals surface area contributed by atoms with Gasteiger partial charge in [0.15, 0.2) is 0 Å². The lowest BCUT2D eigenvalue weighted by Gasteiger charge is -2.35. The number of ether oxygens (including phenoxy) is 2. The molecule has 9 nitrogen and oxygen atoms in total. The Morgan fingerprint density at radius 1 is 1.06 bits per heavy atom. The third-order valence-electron chi connectivity index (χ3n) is 5.33. The normalized spacial score (nSPS) is 13.0. The van der Waals surface area contributed by atoms with Gasteiger partial charge in [-0.1, -0.05) is 32.0 Å². The van der Waals surface area contributed by atoms with Crippen LogP contribution < -0.4 is 10.6 Å². The molecule has 0 aliphatic carbocycles. The molecule has 0 spiro atoms. The van der Waals surface area contributed by atoms with Crippen LogP contribution in [0.3, 0.4) is 0 Å². The summed E-state index contributed by atoms with van der Waals surface area (Å²) in [7, 11) is 1.23. The van der Waals surface area contributed by atoms with Crippen molar-refractivity contribution in [3.8, 4) is 0 Å². The number of methoxy groups -OCH3 is 1. The summed E-state index contributed by atoms with van der Waals surface area (Å²) in [6, 6.07) is 3.71. The Morgan fingerprint density at radius 2 is 1.63 bits per heavy atom. The summed E-state index contributed by atoms with van der Waals surface area (Å²) in [5.74, 6) is -1.43. The highest BCUT2D eigenvalue weighted by atomic mass is 16.6. The fourth-order valence-corrected chi connectivity index (χ4v) is 3.82. The van der Waals surface area contributed by atoms with E-state index < -0.39 is 41.6 Å². The number of nitrogens with zero attached hydrogens (tertiary/aromatic N) is 1. The molecule has 9 heteroatoms. The lowest BCUT2D eigenvalue weighted by atomic mass is 9.93. The van der Waals surface area contributed by atoms with Gasteiger partial charge in [-0.25, -0.2) is 4.79 Å². The summed E-state index contributed by atoms with van der Waals surface area (Å²) in [6.45, 7) is 14.5. The van der Waals surface area contributed by atoms with Crippen LogP contribution in [0.4, 0.5) is 4.79 Å². The lowest BCUT2D eigenvalue weighted by molar-refractivity contribution is -0.144. The van der Waals surface area contributed by atoms with Crippen molar-refractivity contribution in [3.63, 3.8) is 0 Å². The molecule has 0 saturated carbocycles. The minimum absolute atomic E-state index is 0.0874. The van der Waals surface area contributed by atoms with E-state index in [0.29, 0.717) is 12.0 Å². The fraction of sp³-hybridized carbons (Fsp3) is 0.615. The number of carbonyl (C=O) groups excluding carboxylic acids is 4. The Hall–Kier alpha value is -3.10. The van der Waals surface area contributed by atoms with Crippen molar-refractivity contribution in [3.05, 3.63) is 34.9 Å². The number of hydrogen-bond acceptors (Lipinski definition) is 6. The number of esters is 1. The highest BCUT2D eigenvalue weighted by Crippen LogP contribution is 2.29. The SMILES string of the molecule is CCN(C(=O)C(CC(C)C)NC(=O)OC(C)(C)C)C(C(=O)NCC(=O)OC)c1c(C)cccc1C. The van der Waals surface area contributed by atoms with Crippen LogP contribution in [0.15, 0.2) is 18.2 Å². The number of aryl methyl sites for hydroxylation is 2. The second-order valence-corrected chi connectivity index (χ2v) is 9.95. The molecule has 3 amide bonds. The predicted octanol–water partition coefficient (Wildman–Crippen LogP) is 3.42. The average molecular weight is 492 g/mol. The summed E-state index contributed by atoms with van der Waals surface area (Å²) < 4.78 is 10.0. The number of amides is 3. The summed E-state index contributed by atoms with van der Waals surface area (Å²) in [5, 5.41) is 5.28. The van der Waals surface area contributed by atoms with Crippen molar-refractivity contribution in [2.75, 3.05) is 20.2 Å². The first-order valence-electron chi connectivity index (χ1n) is 11.9. The second kappa shape index (κ2) is 13.1. The molecule has 0 fully saturated rings. The first kappa shape index (κ1) is 29.9. The van der Waals surface area contributed by atoms with E-state index in [0.717, 1.165) is 11.1 Å². The number of likely N-dealkylation sites (N-methyl/N-ethyl adjacent to an activating group) is 1. The van der Waals surface area contributed by atoms with E-state index in [1.54, 1.807) is 27.7 Å². The van der Waals surface area contributed by atoms with Crippen LogP contribution >= 0.6 is 0 Å². The molecule has 0 bridgehead atoms. The molecular weight excluding hydrogens is 450 g/mol. The Balaban J connectivity index is 3.44. The molecule has 0 saturated heterocycles. The lowest BCUT2D eigenvalue weighted by Crippen LogP contribution is -2.53. The van der Waals surface area contributed by atoms with E-state index >= 15 is 0 Å². The first-order valence-corrected chi connectivity index (χ1v) is 11.9. The van der Waals surface area contributed by atoms with Crippen molar-refractivity contribution in [1.29, 1.82) is 0 Å². The third kappa shape index (κ3) is 9.22. The molecule has 2 unspecified atom stereocenters. The highest BCUT2D eigenvalue weighted by molar-refractivity contribution is 5.93. The Kier molecular flexibility index (Phi) is 11.2. The molecule has 0 aliphatic rings. The summed E-state index contributed by atoms with van der Waals surface area (Å²) in [5.41, 5.74) is 1.60. The predicted molar refractivity (Wildman–Crippen MR) is 134 cm³/mol. The fourth-order valence-electron chi connectivity index (χ4n) is 3.82. The van der Waals surface area contributed by atoms with E-state index in [1.165, 1.54) is 12.0 Å². The molecule has 1 aromatic rings. The zero-order chi connectivity index (χ0) is 26.9. The molecule has 35 heavy (non-hydrogen) atoms. The standard InChI is InChI=1S/C26H41N3O6/c1-10-29(24(32)19(14-16(2)3)28-25(33)35-26(6,7)8)22(23(31)27-15-20(30)34-9)21-17(4)12-11-13-18(21)5/h11-13,16,19,22H,10,14-15H2,1-9H3,(H,27,31)(H,28,33). The van der Waals surface area contributed by atoms with Crippen molar-refractivity contribution in [2.24, 2.45) is 5.92 Å². The second-order valence-electron chi connectivity index (χ2n) is 9.95. The van der Waals surface area contributed by atoms with E-state index in [2.05, 4.69) is 15.4 Å². The van der Waals surface area contributed by atoms with E-state index in [1.807, 2.05) is 45.9 Å². The Bertz CT molecular complexity index is 887. The van der Waals surface area contributed by atoms with Crippen molar-refractivity contribution < 1.29 is 28.7 Å². The van der Waals surface area contributed by atoms with Crippen LogP contribution in [-0.2, 0) is 23.9 Å². The van der Waals surface area contributed by atoms with Gasteiger partial charge in [0.05, 0.1) is 7.11 Å². The van der Waals surface area contributed by atoms with Crippen LogP contribution in [0.1, 0.15) is 70.7 Å². The number of carbonyl (C=O) groups is 4. The maximum Gasteiger partial charge on any atom is 0.408 e. The summed E-state index contributed by atoms with van der Waals surface area (Å²) >= 11 is 0. The minimum atomic E-state index is -1.01. The molecule has 1 aromatic carbocycles. The molecular formula is C26H41N3O6. The van der Waals surface area contributed by atoms with Crippen LogP contribution in [-0.4, -0.2) is 60.6 Å². The first-order chi connectivity index (χ1) is 16.2. The monoisotopic (exact) mass is 491 g/mol. The molecule has 0 aliphatic heterocycles. The van der Waals surface area contributed by atoms with Gasteiger partial charge in [0, 0.05) is 6.54 Å². The smallest absolute Gasteiger partial charge is 0.408 e. The van der Waals surface area contributed by atoms with Gasteiger partial charge in [0.2, 0.25) is 11.8 Å². The van der Waals surface area contributed by atoms with Crippen molar-refractivity contribution in [2.45, 2.75) is 79.5 Å². The maximum atomic E-state index is 13.8. The van der Waals surface area contributed by atoms with Gasteiger partial charge in [-0.05, 0) is 70.6 Å². The van der Waals surface area contributed by atoms with E-state index in [4.69, 9.17) is 4.74 Å². The van der Waals surface area contributed by atoms with Crippen LogP contribution in [0.2, 0.25) is 0 Å². The van der Waals surface area contributed by atoms with E-state index in [9.17, 15) is 19.2 Å². The number of benzene rings is 1. The third-order valence-corrected chi connectivity index (χ3v) is 5.33. The van der Waals surface area contributed by atoms with Crippen LogP contribution in [0.25, 0.3) is 0 Å². The number of alkyl carbamates (subject to hydrolysis) is 1. The van der Waals surface area contributed by atoms with Gasteiger partial charge < -0.3 is 25.0 Å². The van der Waals surface area contributed by atoms with Gasteiger partial charge in [-0.15, -0.1) is 0 Å². The topological polar surface area (TPSA) is 114 Å².